The number of hydrogen-bond donors (Lipinski definition) is 1. The average Bonchev–Trinajstić information content (AvgIpc) is 2.65. The molecule has 0 aliphatic carbocycles. The lowest BCUT2D eigenvalue weighted by molar-refractivity contribution is -0.305. The number of nitrogens with one attached hydrogen (secondary N) is 1. The fraction of sp³-hybridized carbons (Fsp3) is 0.250. The molecule has 20 heavy (non-hydrogen) atoms. The number of aliphatic carboxylic acids is 1. The summed E-state index contributed by atoms with van der Waals surface area (Å²) < 4.78 is 0.903. The third-order valence-corrected chi connectivity index (χ3v) is 4.12. The van der Waals surface area contributed by atoms with Crippen LogP contribution in [0.4, 0.5) is 10.5 Å². The molecule has 1 saturated heterocycles. The molecule has 1 fully saturated rings. The number of halogens is 1. The van der Waals surface area contributed by atoms with E-state index in [0.29, 0.717) is 5.69 Å². The van der Waals surface area contributed by atoms with E-state index < -0.39 is 22.5 Å². The molecule has 0 bridgehead atoms. The van der Waals surface area contributed by atoms with Crippen LogP contribution in [0.15, 0.2) is 28.7 Å². The highest BCUT2D eigenvalue weighted by atomic mass is 79.9. The molecule has 1 aromatic carbocycles. The Morgan fingerprint density at radius 3 is 2.60 bits per heavy atom. The van der Waals surface area contributed by atoms with Crippen LogP contribution in [0.5, 0.6) is 0 Å². The van der Waals surface area contributed by atoms with Gasteiger partial charge in [0.05, 0.1) is 0 Å². The molecule has 8 heteroatoms. The Hall–Kier alpha value is -1.54. The van der Waals surface area contributed by atoms with Gasteiger partial charge < -0.3 is 15.2 Å². The van der Waals surface area contributed by atoms with Crippen LogP contribution >= 0.6 is 27.7 Å². The second kappa shape index (κ2) is 6.27. The molecule has 106 valence electrons. The maximum Gasteiger partial charge on any atom is 0.290 e. The maximum absolute atomic E-state index is 12.0. The monoisotopic (exact) mass is 357 g/mol. The zero-order valence-corrected chi connectivity index (χ0v) is 12.6. The molecule has 6 nitrogen and oxygen atoms in total. The molecule has 0 spiro atoms. The van der Waals surface area contributed by atoms with Gasteiger partial charge in [-0.2, -0.15) is 0 Å². The number of nitrogens with zero attached hydrogens (tertiary/aromatic N) is 1. The van der Waals surface area contributed by atoms with E-state index in [-0.39, 0.29) is 13.0 Å². The van der Waals surface area contributed by atoms with Gasteiger partial charge in [0.25, 0.3) is 11.1 Å². The average molecular weight is 358 g/mol. The van der Waals surface area contributed by atoms with E-state index in [9.17, 15) is 19.5 Å². The van der Waals surface area contributed by atoms with Crippen molar-refractivity contribution in [1.82, 2.24) is 4.90 Å². The highest BCUT2D eigenvalue weighted by Gasteiger charge is 2.39. The number of carboxylic acids is 1. The van der Waals surface area contributed by atoms with E-state index in [2.05, 4.69) is 21.2 Å². The Bertz CT molecular complexity index is 549. The number of anilines is 1. The third kappa shape index (κ3) is 3.51. The first-order valence-electron chi connectivity index (χ1n) is 5.71. The lowest BCUT2D eigenvalue weighted by Gasteiger charge is -2.15. The largest absolute Gasteiger partial charge is 0.550 e. The molecule has 2 rings (SSSR count). The summed E-state index contributed by atoms with van der Waals surface area (Å²) >= 11 is 4.13. The van der Waals surface area contributed by atoms with Gasteiger partial charge in [-0.1, -0.05) is 15.9 Å². The summed E-state index contributed by atoms with van der Waals surface area (Å²) in [6, 6.07) is 7.16. The molecule has 1 aliphatic heterocycles. The lowest BCUT2D eigenvalue weighted by atomic mass is 10.3. The smallest absolute Gasteiger partial charge is 0.290 e. The standard InChI is InChI=1S/C12H11BrN2O4S/c13-7-1-3-8(4-2-7)14-10-11(18)15(12(19)20-10)6-5-9(16)17/h1-4,10,14H,5-6H2,(H,16,17)/p-1/t10-/m1/s1. The number of carbonyl (C=O) groups excluding carboxylic acids is 3. The van der Waals surface area contributed by atoms with E-state index in [1.807, 2.05) is 12.1 Å². The van der Waals surface area contributed by atoms with Gasteiger partial charge in [-0.3, -0.25) is 14.5 Å². The Balaban J connectivity index is 2.00. The van der Waals surface area contributed by atoms with Crippen molar-refractivity contribution in [2.75, 3.05) is 11.9 Å². The topological polar surface area (TPSA) is 89.5 Å². The molecular formula is C12H10BrN2O4S-. The zero-order valence-electron chi connectivity index (χ0n) is 10.2. The number of imide groups is 1. The molecule has 1 aromatic rings. The second-order valence-electron chi connectivity index (χ2n) is 4.03. The van der Waals surface area contributed by atoms with Gasteiger partial charge in [-0.05, 0) is 36.0 Å². The number of rotatable bonds is 5. The van der Waals surface area contributed by atoms with Crippen LogP contribution in [0.25, 0.3) is 0 Å². The SMILES string of the molecule is O=C([O-])CCN1C(=O)S[C@@H](Nc2ccc(Br)cc2)C1=O. The van der Waals surface area contributed by atoms with Crippen LogP contribution < -0.4 is 10.4 Å². The number of benzene rings is 1. The van der Waals surface area contributed by atoms with E-state index >= 15 is 0 Å². The van der Waals surface area contributed by atoms with E-state index in [1.54, 1.807) is 12.1 Å². The Morgan fingerprint density at radius 1 is 1.35 bits per heavy atom. The quantitative estimate of drug-likeness (QED) is 0.846. The molecule has 1 heterocycles. The summed E-state index contributed by atoms with van der Waals surface area (Å²) in [5.41, 5.74) is 0.702. The van der Waals surface area contributed by atoms with Gasteiger partial charge in [-0.25, -0.2) is 0 Å². The Kier molecular flexibility index (Phi) is 4.66. The van der Waals surface area contributed by atoms with Gasteiger partial charge in [0.2, 0.25) is 0 Å². The van der Waals surface area contributed by atoms with Crippen molar-refractivity contribution in [1.29, 1.82) is 0 Å². The summed E-state index contributed by atoms with van der Waals surface area (Å²) in [4.78, 5) is 35.0. The van der Waals surface area contributed by atoms with Gasteiger partial charge >= 0.3 is 0 Å². The summed E-state index contributed by atoms with van der Waals surface area (Å²) in [7, 11) is 0. The molecule has 1 atom stereocenters. The van der Waals surface area contributed by atoms with Crippen molar-refractivity contribution in [3.8, 4) is 0 Å². The van der Waals surface area contributed by atoms with Crippen LogP contribution in [-0.4, -0.2) is 33.9 Å². The minimum Gasteiger partial charge on any atom is -0.550 e. The van der Waals surface area contributed by atoms with Crippen LogP contribution in [0.1, 0.15) is 6.42 Å². The second-order valence-corrected chi connectivity index (χ2v) is 6.00. The molecule has 0 unspecified atom stereocenters. The zero-order chi connectivity index (χ0) is 14.7. The molecule has 1 aliphatic rings. The molecule has 0 aromatic heterocycles. The number of carbonyl (C=O) groups is 3. The number of hydrogen-bond acceptors (Lipinski definition) is 6. The van der Waals surface area contributed by atoms with Crippen molar-refractivity contribution in [3.05, 3.63) is 28.7 Å². The van der Waals surface area contributed by atoms with E-state index in [1.165, 1.54) is 0 Å². The van der Waals surface area contributed by atoms with Gasteiger partial charge in [0, 0.05) is 29.1 Å². The summed E-state index contributed by atoms with van der Waals surface area (Å²) in [5.74, 6) is -1.73. The van der Waals surface area contributed by atoms with E-state index in [0.717, 1.165) is 21.1 Å². The fourth-order valence-corrected chi connectivity index (χ4v) is 2.84. The van der Waals surface area contributed by atoms with Crippen LogP contribution in [0.2, 0.25) is 0 Å². The van der Waals surface area contributed by atoms with Crippen molar-refractivity contribution in [3.63, 3.8) is 0 Å². The lowest BCUT2D eigenvalue weighted by Crippen LogP contribution is -2.37. The van der Waals surface area contributed by atoms with E-state index in [4.69, 9.17) is 0 Å². The predicted octanol–water partition coefficient (Wildman–Crippen LogP) is 1.02. The van der Waals surface area contributed by atoms with Gasteiger partial charge in [0.15, 0.2) is 5.37 Å². The van der Waals surface area contributed by atoms with Crippen molar-refractivity contribution >= 4 is 50.5 Å². The minimum atomic E-state index is -1.29. The van der Waals surface area contributed by atoms with Crippen LogP contribution in [-0.2, 0) is 9.59 Å². The summed E-state index contributed by atoms with van der Waals surface area (Å²) in [5, 5.41) is 12.1. The van der Waals surface area contributed by atoms with Crippen LogP contribution in [0, 0.1) is 0 Å². The third-order valence-electron chi connectivity index (χ3n) is 2.61. The van der Waals surface area contributed by atoms with Crippen molar-refractivity contribution in [2.24, 2.45) is 0 Å². The molecule has 1 N–H and O–H groups in total. The minimum absolute atomic E-state index is 0.161. The highest BCUT2D eigenvalue weighted by molar-refractivity contribution is 9.10. The first-order chi connectivity index (χ1) is 9.47. The molecule has 0 radical (unpaired) electrons. The first-order valence-corrected chi connectivity index (χ1v) is 7.38. The molecule has 2 amide bonds. The molecule has 0 saturated carbocycles. The van der Waals surface area contributed by atoms with Gasteiger partial charge in [-0.15, -0.1) is 0 Å². The Morgan fingerprint density at radius 2 is 2.00 bits per heavy atom. The van der Waals surface area contributed by atoms with Crippen LogP contribution in [0.3, 0.4) is 0 Å². The van der Waals surface area contributed by atoms with Gasteiger partial charge in [0.1, 0.15) is 0 Å². The predicted molar refractivity (Wildman–Crippen MR) is 75.9 cm³/mol. The number of carboxylic acid groups (broad SMARTS) is 1. The maximum atomic E-state index is 12.0. The first kappa shape index (κ1) is 14.9. The Labute approximate surface area is 127 Å². The fourth-order valence-electron chi connectivity index (χ4n) is 1.64. The highest BCUT2D eigenvalue weighted by Crippen LogP contribution is 2.28. The normalized spacial score (nSPS) is 18.4. The summed E-state index contributed by atoms with van der Waals surface area (Å²) in [6.07, 6.45) is -0.358. The number of thioether (sulfide) groups is 1. The summed E-state index contributed by atoms with van der Waals surface area (Å²) in [6.45, 7) is -0.161. The van der Waals surface area contributed by atoms with Crippen molar-refractivity contribution in [2.45, 2.75) is 11.8 Å². The molecular weight excluding hydrogens is 348 g/mol. The number of amides is 2. The van der Waals surface area contributed by atoms with Crippen molar-refractivity contribution < 1.29 is 19.5 Å².